The third kappa shape index (κ3) is 4.34. The molecule has 0 radical (unpaired) electrons. The number of rotatable bonds is 6. The average Bonchev–Trinajstić information content (AvgIpc) is 2.46. The minimum Gasteiger partial charge on any atom is -0.490 e. The number of para-hydroxylation sites is 1. The van der Waals surface area contributed by atoms with Crippen LogP contribution in [0.3, 0.4) is 0 Å². The topological polar surface area (TPSA) is 18.5 Å². The van der Waals surface area contributed by atoms with Gasteiger partial charge in [-0.25, -0.2) is 0 Å². The van der Waals surface area contributed by atoms with E-state index in [1.54, 1.807) is 0 Å². The quantitative estimate of drug-likeness (QED) is 0.576. The molecular formula is C15H14Cl2O2. The van der Waals surface area contributed by atoms with Crippen molar-refractivity contribution in [3.05, 3.63) is 59.1 Å². The van der Waals surface area contributed by atoms with Crippen LogP contribution in [0.15, 0.2) is 48.5 Å². The van der Waals surface area contributed by atoms with Crippen LogP contribution in [0.2, 0.25) is 5.02 Å². The van der Waals surface area contributed by atoms with Gasteiger partial charge in [0.1, 0.15) is 24.7 Å². The van der Waals surface area contributed by atoms with Crippen LogP contribution in [-0.4, -0.2) is 13.2 Å². The average molecular weight is 297 g/mol. The van der Waals surface area contributed by atoms with E-state index >= 15 is 0 Å². The van der Waals surface area contributed by atoms with Crippen molar-refractivity contribution < 1.29 is 9.47 Å². The minimum absolute atomic E-state index is 0.439. The van der Waals surface area contributed by atoms with Crippen molar-refractivity contribution >= 4 is 23.2 Å². The van der Waals surface area contributed by atoms with Gasteiger partial charge in [-0.15, -0.1) is 11.6 Å². The summed E-state index contributed by atoms with van der Waals surface area (Å²) in [6.07, 6.45) is 0. The number of benzene rings is 2. The molecule has 2 aromatic carbocycles. The second kappa shape index (κ2) is 7.27. The van der Waals surface area contributed by atoms with Gasteiger partial charge in [0.2, 0.25) is 0 Å². The zero-order valence-corrected chi connectivity index (χ0v) is 11.8. The van der Waals surface area contributed by atoms with Crippen molar-refractivity contribution in [3.63, 3.8) is 0 Å². The molecular weight excluding hydrogens is 283 g/mol. The number of hydrogen-bond acceptors (Lipinski definition) is 2. The van der Waals surface area contributed by atoms with E-state index in [2.05, 4.69) is 0 Å². The Kier molecular flexibility index (Phi) is 5.37. The van der Waals surface area contributed by atoms with Crippen molar-refractivity contribution in [2.75, 3.05) is 13.2 Å². The zero-order valence-electron chi connectivity index (χ0n) is 10.3. The first-order chi connectivity index (χ1) is 9.29. The first-order valence-electron chi connectivity index (χ1n) is 5.94. The lowest BCUT2D eigenvalue weighted by molar-refractivity contribution is 0.217. The lowest BCUT2D eigenvalue weighted by atomic mass is 10.2. The van der Waals surface area contributed by atoms with Gasteiger partial charge in [0.25, 0.3) is 0 Å². The first-order valence-corrected chi connectivity index (χ1v) is 6.86. The van der Waals surface area contributed by atoms with Crippen LogP contribution < -0.4 is 9.47 Å². The van der Waals surface area contributed by atoms with Crippen LogP contribution >= 0.6 is 23.2 Å². The van der Waals surface area contributed by atoms with E-state index in [1.807, 2.05) is 48.5 Å². The van der Waals surface area contributed by atoms with Crippen molar-refractivity contribution in [1.82, 2.24) is 0 Å². The molecule has 0 saturated carbocycles. The Morgan fingerprint density at radius 3 is 2.32 bits per heavy atom. The van der Waals surface area contributed by atoms with Crippen molar-refractivity contribution in [2.45, 2.75) is 5.88 Å². The highest BCUT2D eigenvalue weighted by molar-refractivity contribution is 6.32. The lowest BCUT2D eigenvalue weighted by Gasteiger charge is -2.10. The minimum atomic E-state index is 0.439. The van der Waals surface area contributed by atoms with Gasteiger partial charge in [-0.05, 0) is 29.8 Å². The number of hydrogen-bond donors (Lipinski definition) is 0. The van der Waals surface area contributed by atoms with Crippen LogP contribution in [0.25, 0.3) is 0 Å². The van der Waals surface area contributed by atoms with Crippen LogP contribution in [0.1, 0.15) is 5.56 Å². The van der Waals surface area contributed by atoms with E-state index in [-0.39, 0.29) is 0 Å². The second-order valence-corrected chi connectivity index (χ2v) is 4.58. The molecule has 0 bridgehead atoms. The van der Waals surface area contributed by atoms with E-state index in [0.717, 1.165) is 11.3 Å². The van der Waals surface area contributed by atoms with E-state index in [1.165, 1.54) is 0 Å². The summed E-state index contributed by atoms with van der Waals surface area (Å²) >= 11 is 11.8. The molecule has 2 nitrogen and oxygen atoms in total. The first kappa shape index (κ1) is 14.0. The fraction of sp³-hybridized carbons (Fsp3) is 0.200. The fourth-order valence-electron chi connectivity index (χ4n) is 1.57. The van der Waals surface area contributed by atoms with Gasteiger partial charge in [0.05, 0.1) is 5.02 Å². The molecule has 0 atom stereocenters. The zero-order chi connectivity index (χ0) is 13.5. The SMILES string of the molecule is ClCc1ccc(OCCOc2ccccc2)c(Cl)c1. The normalized spacial score (nSPS) is 10.2. The maximum Gasteiger partial charge on any atom is 0.138 e. The predicted molar refractivity (Wildman–Crippen MR) is 78.4 cm³/mol. The Bertz CT molecular complexity index is 515. The molecule has 0 aliphatic rings. The fourth-order valence-corrected chi connectivity index (χ4v) is 2.00. The van der Waals surface area contributed by atoms with Crippen molar-refractivity contribution in [3.8, 4) is 11.5 Å². The van der Waals surface area contributed by atoms with Crippen LogP contribution in [0.5, 0.6) is 11.5 Å². The van der Waals surface area contributed by atoms with Crippen molar-refractivity contribution in [1.29, 1.82) is 0 Å². The van der Waals surface area contributed by atoms with Gasteiger partial charge < -0.3 is 9.47 Å². The number of ether oxygens (including phenoxy) is 2. The molecule has 100 valence electrons. The standard InChI is InChI=1S/C15H14Cl2O2/c16-11-12-6-7-15(14(17)10-12)19-9-8-18-13-4-2-1-3-5-13/h1-7,10H,8-9,11H2. The maximum absolute atomic E-state index is 6.08. The molecule has 0 fully saturated rings. The molecule has 19 heavy (non-hydrogen) atoms. The van der Waals surface area contributed by atoms with E-state index in [4.69, 9.17) is 32.7 Å². The van der Waals surface area contributed by atoms with Crippen LogP contribution in [0.4, 0.5) is 0 Å². The van der Waals surface area contributed by atoms with Crippen LogP contribution in [-0.2, 0) is 5.88 Å². The molecule has 0 heterocycles. The molecule has 2 aromatic rings. The molecule has 0 spiro atoms. The largest absolute Gasteiger partial charge is 0.490 e. The molecule has 4 heteroatoms. The molecule has 0 saturated heterocycles. The Hall–Kier alpha value is -1.38. The molecule has 0 aliphatic heterocycles. The van der Waals surface area contributed by atoms with Gasteiger partial charge in [-0.2, -0.15) is 0 Å². The van der Waals surface area contributed by atoms with Crippen LogP contribution in [0, 0.1) is 0 Å². The third-order valence-electron chi connectivity index (χ3n) is 2.50. The second-order valence-electron chi connectivity index (χ2n) is 3.91. The predicted octanol–water partition coefficient (Wildman–Crippen LogP) is 4.54. The van der Waals surface area contributed by atoms with E-state index in [0.29, 0.717) is 29.9 Å². The molecule has 0 unspecified atom stereocenters. The van der Waals surface area contributed by atoms with E-state index in [9.17, 15) is 0 Å². The molecule has 0 N–H and O–H groups in total. The van der Waals surface area contributed by atoms with Gasteiger partial charge in [0.15, 0.2) is 0 Å². The maximum atomic E-state index is 6.08. The highest BCUT2D eigenvalue weighted by atomic mass is 35.5. The summed E-state index contributed by atoms with van der Waals surface area (Å²) in [7, 11) is 0. The smallest absolute Gasteiger partial charge is 0.138 e. The molecule has 0 amide bonds. The Morgan fingerprint density at radius 2 is 1.63 bits per heavy atom. The van der Waals surface area contributed by atoms with Gasteiger partial charge in [-0.3, -0.25) is 0 Å². The molecule has 2 rings (SSSR count). The van der Waals surface area contributed by atoms with Crippen molar-refractivity contribution in [2.24, 2.45) is 0 Å². The summed E-state index contributed by atoms with van der Waals surface area (Å²) in [5.41, 5.74) is 0.972. The summed E-state index contributed by atoms with van der Waals surface area (Å²) in [5.74, 6) is 1.92. The monoisotopic (exact) mass is 296 g/mol. The summed E-state index contributed by atoms with van der Waals surface area (Å²) in [6, 6.07) is 15.1. The Labute approximate surface area is 122 Å². The molecule has 0 aromatic heterocycles. The Morgan fingerprint density at radius 1 is 0.895 bits per heavy atom. The summed E-state index contributed by atoms with van der Waals surface area (Å²) in [6.45, 7) is 0.909. The highest BCUT2D eigenvalue weighted by Crippen LogP contribution is 2.26. The third-order valence-corrected chi connectivity index (χ3v) is 3.11. The van der Waals surface area contributed by atoms with Gasteiger partial charge in [0, 0.05) is 5.88 Å². The lowest BCUT2D eigenvalue weighted by Crippen LogP contribution is -2.09. The van der Waals surface area contributed by atoms with Gasteiger partial charge in [-0.1, -0.05) is 35.9 Å². The van der Waals surface area contributed by atoms with Gasteiger partial charge >= 0.3 is 0 Å². The Balaban J connectivity index is 1.80. The summed E-state index contributed by atoms with van der Waals surface area (Å²) < 4.78 is 11.1. The number of alkyl halides is 1. The summed E-state index contributed by atoms with van der Waals surface area (Å²) in [5, 5.41) is 0.567. The molecule has 0 aliphatic carbocycles. The highest BCUT2D eigenvalue weighted by Gasteiger charge is 2.02. The summed E-state index contributed by atoms with van der Waals surface area (Å²) in [4.78, 5) is 0. The van der Waals surface area contributed by atoms with E-state index < -0.39 is 0 Å². The number of halogens is 2.